The molecule has 0 atom stereocenters. The first kappa shape index (κ1) is 16.4. The Kier molecular flexibility index (Phi) is 3.95. The number of benzene rings is 4. The average molecular weight is 360 g/mol. The molecule has 0 aliphatic carbocycles. The summed E-state index contributed by atoms with van der Waals surface area (Å²) in [5.74, 6) is 0. The predicted octanol–water partition coefficient (Wildman–Crippen LogP) is 6.89. The largest absolute Gasteiger partial charge is 0.398 e. The Hall–Kier alpha value is -3.78. The van der Waals surface area contributed by atoms with Crippen LogP contribution in [0.25, 0.3) is 23.3 Å². The molecule has 1 heterocycles. The molecule has 1 aliphatic heterocycles. The normalized spacial score (nSPS) is 12.2. The summed E-state index contributed by atoms with van der Waals surface area (Å²) in [5.41, 5.74) is 15.1. The first-order valence-corrected chi connectivity index (χ1v) is 9.43. The third-order valence-electron chi connectivity index (χ3n) is 5.20. The fourth-order valence-corrected chi connectivity index (χ4v) is 3.89. The van der Waals surface area contributed by atoms with E-state index in [0.29, 0.717) is 0 Å². The van der Waals surface area contributed by atoms with Crippen molar-refractivity contribution in [2.24, 2.45) is 0 Å². The molecule has 1 aliphatic rings. The number of para-hydroxylation sites is 3. The van der Waals surface area contributed by atoms with Crippen molar-refractivity contribution in [3.63, 3.8) is 0 Å². The van der Waals surface area contributed by atoms with Crippen molar-refractivity contribution in [2.75, 3.05) is 10.6 Å². The topological polar surface area (TPSA) is 29.3 Å². The van der Waals surface area contributed by atoms with Crippen LogP contribution in [0.5, 0.6) is 0 Å². The number of nitrogens with two attached hydrogens (primary N) is 1. The highest BCUT2D eigenvalue weighted by atomic mass is 15.1. The maximum Gasteiger partial charge on any atom is 0.0540 e. The Morgan fingerprint density at radius 3 is 2.07 bits per heavy atom. The van der Waals surface area contributed by atoms with E-state index in [4.69, 9.17) is 5.73 Å². The second-order valence-corrected chi connectivity index (χ2v) is 6.89. The van der Waals surface area contributed by atoms with Crippen LogP contribution < -0.4 is 10.6 Å². The summed E-state index contributed by atoms with van der Waals surface area (Å²) in [6.07, 6.45) is 4.40. The second kappa shape index (κ2) is 6.75. The summed E-state index contributed by atoms with van der Waals surface area (Å²) < 4.78 is 0. The summed E-state index contributed by atoms with van der Waals surface area (Å²) in [7, 11) is 0. The number of rotatable bonds is 2. The van der Waals surface area contributed by atoms with Crippen molar-refractivity contribution in [2.45, 2.75) is 0 Å². The van der Waals surface area contributed by atoms with Gasteiger partial charge in [0.2, 0.25) is 0 Å². The van der Waals surface area contributed by atoms with E-state index < -0.39 is 0 Å². The molecule has 0 radical (unpaired) electrons. The zero-order valence-corrected chi connectivity index (χ0v) is 15.4. The maximum absolute atomic E-state index is 6.32. The Bertz CT molecular complexity index is 1180. The Morgan fingerprint density at radius 1 is 0.536 bits per heavy atom. The van der Waals surface area contributed by atoms with Gasteiger partial charge in [0.15, 0.2) is 0 Å². The summed E-state index contributed by atoms with van der Waals surface area (Å²) in [4.78, 5) is 2.33. The zero-order valence-electron chi connectivity index (χ0n) is 15.4. The van der Waals surface area contributed by atoms with E-state index in [1.54, 1.807) is 0 Å². The van der Waals surface area contributed by atoms with Gasteiger partial charge >= 0.3 is 0 Å². The third-order valence-corrected chi connectivity index (χ3v) is 5.20. The lowest BCUT2D eigenvalue weighted by Crippen LogP contribution is -2.11. The number of hydrogen-bond acceptors (Lipinski definition) is 2. The van der Waals surface area contributed by atoms with Gasteiger partial charge in [0.1, 0.15) is 0 Å². The Labute approximate surface area is 165 Å². The van der Waals surface area contributed by atoms with Gasteiger partial charge in [0, 0.05) is 22.5 Å². The molecular formula is C26H20N2. The van der Waals surface area contributed by atoms with Gasteiger partial charge in [0.05, 0.1) is 11.4 Å². The lowest BCUT2D eigenvalue weighted by molar-refractivity contribution is 1.28. The van der Waals surface area contributed by atoms with Gasteiger partial charge < -0.3 is 10.6 Å². The quantitative estimate of drug-likeness (QED) is 0.347. The van der Waals surface area contributed by atoms with Gasteiger partial charge in [0.25, 0.3) is 0 Å². The van der Waals surface area contributed by atoms with E-state index in [9.17, 15) is 0 Å². The van der Waals surface area contributed by atoms with Gasteiger partial charge in [-0.05, 0) is 41.5 Å². The summed E-state index contributed by atoms with van der Waals surface area (Å²) in [6.45, 7) is 0. The molecule has 5 rings (SSSR count). The summed E-state index contributed by atoms with van der Waals surface area (Å²) in [5, 5.41) is 0. The average Bonchev–Trinajstić information content (AvgIpc) is 2.91. The summed E-state index contributed by atoms with van der Waals surface area (Å²) in [6, 6.07) is 33.5. The van der Waals surface area contributed by atoms with Gasteiger partial charge in [-0.1, -0.05) is 78.9 Å². The molecule has 2 heteroatoms. The van der Waals surface area contributed by atoms with E-state index in [1.165, 1.54) is 16.8 Å². The molecule has 4 aromatic rings. The monoisotopic (exact) mass is 360 g/mol. The van der Waals surface area contributed by atoms with E-state index in [1.807, 2.05) is 24.3 Å². The lowest BCUT2D eigenvalue weighted by Gasteiger charge is -2.28. The van der Waals surface area contributed by atoms with Gasteiger partial charge in [-0.25, -0.2) is 0 Å². The minimum Gasteiger partial charge on any atom is -0.398 e. The molecule has 134 valence electrons. The van der Waals surface area contributed by atoms with Crippen LogP contribution in [0.3, 0.4) is 0 Å². The molecule has 28 heavy (non-hydrogen) atoms. The van der Waals surface area contributed by atoms with Crippen molar-refractivity contribution in [1.29, 1.82) is 0 Å². The van der Waals surface area contributed by atoms with Crippen LogP contribution in [-0.2, 0) is 0 Å². The van der Waals surface area contributed by atoms with Crippen molar-refractivity contribution >= 4 is 34.9 Å². The van der Waals surface area contributed by atoms with Crippen LogP contribution in [0.4, 0.5) is 22.7 Å². The smallest absolute Gasteiger partial charge is 0.0540 e. The molecular weight excluding hydrogens is 340 g/mol. The van der Waals surface area contributed by atoms with Crippen molar-refractivity contribution in [1.82, 2.24) is 0 Å². The molecule has 0 spiro atoms. The molecule has 0 unspecified atom stereocenters. The minimum absolute atomic E-state index is 0.789. The fourth-order valence-electron chi connectivity index (χ4n) is 3.89. The molecule has 0 amide bonds. The number of anilines is 4. The number of hydrogen-bond donors (Lipinski definition) is 1. The molecule has 0 fully saturated rings. The first-order chi connectivity index (χ1) is 13.8. The molecule has 2 N–H and O–H groups in total. The van der Waals surface area contributed by atoms with E-state index >= 15 is 0 Å². The van der Waals surface area contributed by atoms with Crippen LogP contribution in [0.15, 0.2) is 97.1 Å². The van der Waals surface area contributed by atoms with Gasteiger partial charge in [-0.3, -0.25) is 0 Å². The number of nitrogens with zero attached hydrogens (tertiary/aromatic N) is 1. The molecule has 0 bridgehead atoms. The minimum atomic E-state index is 0.789. The predicted molar refractivity (Wildman–Crippen MR) is 120 cm³/mol. The number of fused-ring (bicyclic) bond motifs is 2. The SMILES string of the molecule is Nc1ccccc1-c1cccc2c1C=Cc1ccccc1N2c1ccccc1. The maximum atomic E-state index is 6.32. The molecule has 0 saturated heterocycles. The third kappa shape index (κ3) is 2.67. The first-order valence-electron chi connectivity index (χ1n) is 9.43. The van der Waals surface area contributed by atoms with Crippen molar-refractivity contribution < 1.29 is 0 Å². The molecule has 4 aromatic carbocycles. The van der Waals surface area contributed by atoms with Crippen LogP contribution in [-0.4, -0.2) is 0 Å². The Morgan fingerprint density at radius 2 is 1.21 bits per heavy atom. The zero-order chi connectivity index (χ0) is 18.9. The van der Waals surface area contributed by atoms with Crippen molar-refractivity contribution in [3.05, 3.63) is 108 Å². The van der Waals surface area contributed by atoms with Gasteiger partial charge in [-0.2, -0.15) is 0 Å². The lowest BCUT2D eigenvalue weighted by atomic mass is 9.96. The summed E-state index contributed by atoms with van der Waals surface area (Å²) >= 11 is 0. The number of nitrogen functional groups attached to an aromatic ring is 1. The van der Waals surface area contributed by atoms with E-state index in [-0.39, 0.29) is 0 Å². The van der Waals surface area contributed by atoms with Crippen LogP contribution in [0.1, 0.15) is 11.1 Å². The van der Waals surface area contributed by atoms with Crippen LogP contribution in [0.2, 0.25) is 0 Å². The highest BCUT2D eigenvalue weighted by Crippen LogP contribution is 2.45. The van der Waals surface area contributed by atoms with Crippen molar-refractivity contribution in [3.8, 4) is 11.1 Å². The molecule has 0 saturated carbocycles. The van der Waals surface area contributed by atoms with Crippen LogP contribution >= 0.6 is 0 Å². The van der Waals surface area contributed by atoms with E-state index in [0.717, 1.165) is 28.2 Å². The van der Waals surface area contributed by atoms with Crippen LogP contribution in [0, 0.1) is 0 Å². The fraction of sp³-hybridized carbons (Fsp3) is 0. The highest BCUT2D eigenvalue weighted by molar-refractivity contribution is 5.98. The van der Waals surface area contributed by atoms with E-state index in [2.05, 4.69) is 89.8 Å². The Balaban J connectivity index is 1.81. The van der Waals surface area contributed by atoms with Gasteiger partial charge in [-0.15, -0.1) is 0 Å². The molecule has 2 nitrogen and oxygen atoms in total. The highest BCUT2D eigenvalue weighted by Gasteiger charge is 2.21. The standard InChI is InChI=1S/C26H20N2/c27-24-14-6-5-12-22(24)21-13-8-16-26-23(21)18-17-19-9-4-7-15-25(19)28(26)20-10-2-1-3-11-20/h1-18H,27H2. The molecule has 0 aromatic heterocycles. The second-order valence-electron chi connectivity index (χ2n) is 6.89.